The van der Waals surface area contributed by atoms with Gasteiger partial charge in [0.2, 0.25) is 0 Å². The molecule has 1 saturated heterocycles. The van der Waals surface area contributed by atoms with Gasteiger partial charge >= 0.3 is 0 Å². The van der Waals surface area contributed by atoms with Crippen molar-refractivity contribution in [3.8, 4) is 0 Å². The lowest BCUT2D eigenvalue weighted by Crippen LogP contribution is -2.28. The largest absolute Gasteiger partial charge is 0.313 e. The van der Waals surface area contributed by atoms with Crippen LogP contribution in [0.25, 0.3) is 0 Å². The molecule has 3 rings (SSSR count). The first-order valence-electron chi connectivity index (χ1n) is 7.58. The monoisotopic (exact) mass is 265 g/mol. The maximum absolute atomic E-state index is 3.69. The number of benzene rings is 2. The van der Waals surface area contributed by atoms with Crippen LogP contribution >= 0.6 is 0 Å². The first-order valence-corrected chi connectivity index (χ1v) is 7.58. The molecule has 2 unspecified atom stereocenters. The first kappa shape index (κ1) is 13.4. The summed E-state index contributed by atoms with van der Waals surface area (Å²) in [7, 11) is 0. The van der Waals surface area contributed by atoms with E-state index in [1.807, 2.05) is 0 Å². The zero-order chi connectivity index (χ0) is 13.9. The van der Waals surface area contributed by atoms with Gasteiger partial charge in [-0.15, -0.1) is 0 Å². The number of nitrogens with one attached hydrogen (secondary N) is 1. The molecule has 1 heterocycles. The average molecular weight is 265 g/mol. The zero-order valence-electron chi connectivity index (χ0n) is 12.4. The van der Waals surface area contributed by atoms with Gasteiger partial charge in [0.05, 0.1) is 0 Å². The molecule has 1 nitrogen and oxygen atoms in total. The van der Waals surface area contributed by atoms with E-state index in [-0.39, 0.29) is 0 Å². The third-order valence-corrected chi connectivity index (χ3v) is 4.32. The summed E-state index contributed by atoms with van der Waals surface area (Å²) < 4.78 is 0. The van der Waals surface area contributed by atoms with Crippen LogP contribution in [0.15, 0.2) is 48.5 Å². The highest BCUT2D eigenvalue weighted by molar-refractivity contribution is 5.33. The average Bonchev–Trinajstić information content (AvgIpc) is 2.87. The van der Waals surface area contributed by atoms with E-state index in [1.54, 1.807) is 0 Å². The lowest BCUT2D eigenvalue weighted by atomic mass is 9.87. The molecule has 2 aromatic rings. The van der Waals surface area contributed by atoms with Crippen LogP contribution in [0, 0.1) is 13.8 Å². The highest BCUT2D eigenvalue weighted by Crippen LogP contribution is 2.30. The van der Waals surface area contributed by atoms with Crippen LogP contribution in [0.2, 0.25) is 0 Å². The standard InChI is InChI=1S/C19H23N/c1-14-10-15(2)12-17(11-14)18-8-9-20-19(18)13-16-6-4-3-5-7-16/h3-7,10-12,18-20H,8-9,13H2,1-2H3. The number of aryl methyl sites for hydroxylation is 2. The van der Waals surface area contributed by atoms with Gasteiger partial charge in [-0.2, -0.15) is 0 Å². The van der Waals surface area contributed by atoms with E-state index in [0.29, 0.717) is 12.0 Å². The molecule has 0 bridgehead atoms. The highest BCUT2D eigenvalue weighted by Gasteiger charge is 2.28. The first-order chi connectivity index (χ1) is 9.72. The minimum absolute atomic E-state index is 0.568. The Morgan fingerprint density at radius 2 is 1.70 bits per heavy atom. The summed E-state index contributed by atoms with van der Waals surface area (Å²) in [5.74, 6) is 0.647. The van der Waals surface area contributed by atoms with Crippen LogP contribution in [-0.2, 0) is 6.42 Å². The van der Waals surface area contributed by atoms with Gasteiger partial charge in [-0.25, -0.2) is 0 Å². The van der Waals surface area contributed by atoms with Crippen molar-refractivity contribution in [2.24, 2.45) is 0 Å². The summed E-state index contributed by atoms with van der Waals surface area (Å²) in [4.78, 5) is 0. The van der Waals surface area contributed by atoms with E-state index in [1.165, 1.54) is 28.7 Å². The van der Waals surface area contributed by atoms with Gasteiger partial charge in [0.15, 0.2) is 0 Å². The fraction of sp³-hybridized carbons (Fsp3) is 0.368. The zero-order valence-corrected chi connectivity index (χ0v) is 12.4. The third kappa shape index (κ3) is 2.94. The molecule has 1 fully saturated rings. The number of hydrogen-bond donors (Lipinski definition) is 1. The molecule has 2 atom stereocenters. The molecule has 1 aliphatic rings. The molecule has 0 radical (unpaired) electrons. The van der Waals surface area contributed by atoms with Gasteiger partial charge in [0.1, 0.15) is 0 Å². The van der Waals surface area contributed by atoms with E-state index < -0.39 is 0 Å². The molecule has 1 N–H and O–H groups in total. The second-order valence-electron chi connectivity index (χ2n) is 6.07. The molecule has 1 aliphatic heterocycles. The van der Waals surface area contributed by atoms with Gasteiger partial charge in [-0.05, 0) is 44.4 Å². The molecular weight excluding hydrogens is 242 g/mol. The van der Waals surface area contributed by atoms with Gasteiger partial charge in [0.25, 0.3) is 0 Å². The summed E-state index contributed by atoms with van der Waals surface area (Å²) in [5, 5.41) is 3.69. The Balaban J connectivity index is 1.81. The van der Waals surface area contributed by atoms with Gasteiger partial charge in [0, 0.05) is 12.0 Å². The predicted octanol–water partition coefficient (Wildman–Crippen LogP) is 3.99. The van der Waals surface area contributed by atoms with Gasteiger partial charge < -0.3 is 5.32 Å². The minimum atomic E-state index is 0.568. The Hall–Kier alpha value is -1.60. The van der Waals surface area contributed by atoms with E-state index in [2.05, 4.69) is 67.7 Å². The Labute approximate surface area is 122 Å². The van der Waals surface area contributed by atoms with Crippen LogP contribution in [0.5, 0.6) is 0 Å². The fourth-order valence-electron chi connectivity index (χ4n) is 3.47. The van der Waals surface area contributed by atoms with Crippen LogP contribution in [0.1, 0.15) is 34.6 Å². The Morgan fingerprint density at radius 1 is 1.00 bits per heavy atom. The van der Waals surface area contributed by atoms with Crippen molar-refractivity contribution in [2.75, 3.05) is 6.54 Å². The fourth-order valence-corrected chi connectivity index (χ4v) is 3.47. The van der Waals surface area contributed by atoms with Crippen LogP contribution < -0.4 is 5.32 Å². The second-order valence-corrected chi connectivity index (χ2v) is 6.07. The number of hydrogen-bond acceptors (Lipinski definition) is 1. The van der Waals surface area contributed by atoms with Gasteiger partial charge in [-0.1, -0.05) is 59.7 Å². The van der Waals surface area contributed by atoms with E-state index in [9.17, 15) is 0 Å². The third-order valence-electron chi connectivity index (χ3n) is 4.32. The van der Waals surface area contributed by atoms with Crippen molar-refractivity contribution >= 4 is 0 Å². The van der Waals surface area contributed by atoms with Gasteiger partial charge in [-0.3, -0.25) is 0 Å². The van der Waals surface area contributed by atoms with Crippen molar-refractivity contribution in [3.63, 3.8) is 0 Å². The molecule has 20 heavy (non-hydrogen) atoms. The molecule has 0 saturated carbocycles. The summed E-state index contributed by atoms with van der Waals surface area (Å²) in [6.07, 6.45) is 2.37. The molecule has 0 aliphatic carbocycles. The summed E-state index contributed by atoms with van der Waals surface area (Å²) >= 11 is 0. The molecule has 0 amide bonds. The molecule has 1 heteroatoms. The van der Waals surface area contributed by atoms with E-state index in [0.717, 1.165) is 13.0 Å². The topological polar surface area (TPSA) is 12.0 Å². The van der Waals surface area contributed by atoms with Crippen molar-refractivity contribution in [1.82, 2.24) is 5.32 Å². The van der Waals surface area contributed by atoms with E-state index >= 15 is 0 Å². The van der Waals surface area contributed by atoms with Crippen LogP contribution in [-0.4, -0.2) is 12.6 Å². The molecule has 104 valence electrons. The van der Waals surface area contributed by atoms with Crippen molar-refractivity contribution in [2.45, 2.75) is 38.6 Å². The van der Waals surface area contributed by atoms with Crippen molar-refractivity contribution < 1.29 is 0 Å². The smallest absolute Gasteiger partial charge is 0.0177 e. The molecular formula is C19H23N. The van der Waals surface area contributed by atoms with Crippen molar-refractivity contribution in [3.05, 3.63) is 70.8 Å². The maximum Gasteiger partial charge on any atom is 0.0177 e. The normalized spacial score (nSPS) is 22.1. The maximum atomic E-state index is 3.69. The molecule has 0 spiro atoms. The Bertz CT molecular complexity index is 553. The predicted molar refractivity (Wildman–Crippen MR) is 85.2 cm³/mol. The second kappa shape index (κ2) is 5.80. The van der Waals surface area contributed by atoms with Crippen LogP contribution in [0.4, 0.5) is 0 Å². The van der Waals surface area contributed by atoms with E-state index in [4.69, 9.17) is 0 Å². The Morgan fingerprint density at radius 3 is 2.40 bits per heavy atom. The lowest BCUT2D eigenvalue weighted by molar-refractivity contribution is 0.544. The lowest BCUT2D eigenvalue weighted by Gasteiger charge is -2.21. The SMILES string of the molecule is Cc1cc(C)cc(C2CCNC2Cc2ccccc2)c1. The van der Waals surface area contributed by atoms with Crippen LogP contribution in [0.3, 0.4) is 0 Å². The Kier molecular flexibility index (Phi) is 3.88. The number of rotatable bonds is 3. The molecule has 2 aromatic carbocycles. The summed E-state index contributed by atoms with van der Waals surface area (Å²) in [6, 6.07) is 18.4. The highest BCUT2D eigenvalue weighted by atomic mass is 14.9. The molecule has 0 aromatic heterocycles. The quantitative estimate of drug-likeness (QED) is 0.884. The summed E-state index contributed by atoms with van der Waals surface area (Å²) in [5.41, 5.74) is 5.70. The van der Waals surface area contributed by atoms with Crippen molar-refractivity contribution in [1.29, 1.82) is 0 Å². The minimum Gasteiger partial charge on any atom is -0.313 e. The summed E-state index contributed by atoms with van der Waals surface area (Å²) in [6.45, 7) is 5.53.